The number of rotatable bonds is 6. The van der Waals surface area contributed by atoms with Crippen molar-refractivity contribution >= 4 is 27.5 Å². The SMILES string of the molecule is Cc1cc(Cl)ccc1OC(C)(C)C(=O)NCc1cccc(S(N)(=O)=O)c1. The van der Waals surface area contributed by atoms with Crippen LogP contribution in [0.3, 0.4) is 0 Å². The minimum absolute atomic E-state index is 0.00320. The largest absolute Gasteiger partial charge is 0.478 e. The second-order valence-electron chi connectivity index (χ2n) is 6.40. The zero-order chi connectivity index (χ0) is 19.5. The normalized spacial score (nSPS) is 11.9. The van der Waals surface area contributed by atoms with Crippen molar-refractivity contribution in [2.24, 2.45) is 5.14 Å². The van der Waals surface area contributed by atoms with E-state index in [2.05, 4.69) is 5.32 Å². The van der Waals surface area contributed by atoms with Crippen LogP contribution in [0.15, 0.2) is 47.4 Å². The summed E-state index contributed by atoms with van der Waals surface area (Å²) in [6.07, 6.45) is 0. The molecule has 8 heteroatoms. The molecule has 0 aromatic heterocycles. The summed E-state index contributed by atoms with van der Waals surface area (Å²) in [7, 11) is -3.79. The number of nitrogens with one attached hydrogen (secondary N) is 1. The molecule has 0 aliphatic heterocycles. The van der Waals surface area contributed by atoms with Gasteiger partial charge >= 0.3 is 0 Å². The molecule has 140 valence electrons. The Balaban J connectivity index is 2.06. The van der Waals surface area contributed by atoms with Crippen molar-refractivity contribution in [3.05, 3.63) is 58.6 Å². The summed E-state index contributed by atoms with van der Waals surface area (Å²) >= 11 is 5.93. The summed E-state index contributed by atoms with van der Waals surface area (Å²) < 4.78 is 28.6. The topological polar surface area (TPSA) is 98.5 Å². The maximum Gasteiger partial charge on any atom is 0.263 e. The Morgan fingerprint density at radius 3 is 2.54 bits per heavy atom. The molecule has 0 unspecified atom stereocenters. The van der Waals surface area contributed by atoms with Gasteiger partial charge in [0.2, 0.25) is 10.0 Å². The van der Waals surface area contributed by atoms with Crippen LogP contribution < -0.4 is 15.2 Å². The Kier molecular flexibility index (Phi) is 5.95. The number of sulfonamides is 1. The van der Waals surface area contributed by atoms with Gasteiger partial charge in [-0.15, -0.1) is 0 Å². The second-order valence-corrected chi connectivity index (χ2v) is 8.40. The van der Waals surface area contributed by atoms with E-state index in [1.54, 1.807) is 44.2 Å². The highest BCUT2D eigenvalue weighted by atomic mass is 35.5. The Bertz CT molecular complexity index is 927. The van der Waals surface area contributed by atoms with E-state index in [0.29, 0.717) is 16.3 Å². The van der Waals surface area contributed by atoms with Gasteiger partial charge in [-0.25, -0.2) is 13.6 Å². The van der Waals surface area contributed by atoms with Crippen molar-refractivity contribution < 1.29 is 17.9 Å². The van der Waals surface area contributed by atoms with Gasteiger partial charge in [-0.05, 0) is 62.2 Å². The van der Waals surface area contributed by atoms with E-state index in [0.717, 1.165) is 5.56 Å². The minimum atomic E-state index is -3.79. The Morgan fingerprint density at radius 1 is 1.23 bits per heavy atom. The van der Waals surface area contributed by atoms with Gasteiger partial charge in [0, 0.05) is 11.6 Å². The van der Waals surface area contributed by atoms with Crippen LogP contribution in [0, 0.1) is 6.92 Å². The fourth-order valence-electron chi connectivity index (χ4n) is 2.28. The quantitative estimate of drug-likeness (QED) is 0.784. The molecule has 0 saturated heterocycles. The van der Waals surface area contributed by atoms with Crippen molar-refractivity contribution in [2.45, 2.75) is 37.8 Å². The molecule has 0 bridgehead atoms. The fourth-order valence-corrected chi connectivity index (χ4v) is 3.09. The molecule has 0 radical (unpaired) electrons. The molecular formula is C18H21ClN2O4S. The summed E-state index contributed by atoms with van der Waals surface area (Å²) in [5, 5.41) is 8.45. The molecule has 2 aromatic rings. The summed E-state index contributed by atoms with van der Waals surface area (Å²) in [5.41, 5.74) is 0.304. The number of halogens is 1. The number of benzene rings is 2. The zero-order valence-electron chi connectivity index (χ0n) is 14.7. The van der Waals surface area contributed by atoms with E-state index in [4.69, 9.17) is 21.5 Å². The number of hydrogen-bond acceptors (Lipinski definition) is 4. The first-order valence-electron chi connectivity index (χ1n) is 7.84. The molecule has 0 aliphatic carbocycles. The summed E-state index contributed by atoms with van der Waals surface area (Å²) in [6, 6.07) is 11.2. The Labute approximate surface area is 158 Å². The van der Waals surface area contributed by atoms with Gasteiger partial charge in [0.25, 0.3) is 5.91 Å². The highest BCUT2D eigenvalue weighted by Crippen LogP contribution is 2.26. The summed E-state index contributed by atoms with van der Waals surface area (Å²) in [4.78, 5) is 12.5. The molecule has 6 nitrogen and oxygen atoms in total. The average Bonchev–Trinajstić information content (AvgIpc) is 2.54. The van der Waals surface area contributed by atoms with Crippen molar-refractivity contribution in [1.29, 1.82) is 0 Å². The Hall–Kier alpha value is -2.09. The van der Waals surface area contributed by atoms with Crippen molar-refractivity contribution in [2.75, 3.05) is 0 Å². The maximum absolute atomic E-state index is 12.5. The van der Waals surface area contributed by atoms with Gasteiger partial charge in [-0.1, -0.05) is 23.7 Å². The van der Waals surface area contributed by atoms with E-state index < -0.39 is 15.6 Å². The van der Waals surface area contributed by atoms with E-state index in [1.807, 2.05) is 6.92 Å². The molecule has 0 spiro atoms. The van der Waals surface area contributed by atoms with Crippen LogP contribution in [0.4, 0.5) is 0 Å². The van der Waals surface area contributed by atoms with Crippen LogP contribution in [0.25, 0.3) is 0 Å². The summed E-state index contributed by atoms with van der Waals surface area (Å²) in [5.74, 6) is 0.221. The summed E-state index contributed by atoms with van der Waals surface area (Å²) in [6.45, 7) is 5.29. The number of ether oxygens (including phenoxy) is 1. The third-order valence-electron chi connectivity index (χ3n) is 3.73. The van der Waals surface area contributed by atoms with E-state index >= 15 is 0 Å². The first kappa shape index (κ1) is 20.2. The van der Waals surface area contributed by atoms with Crippen LogP contribution >= 0.6 is 11.6 Å². The van der Waals surface area contributed by atoms with Crippen molar-refractivity contribution in [1.82, 2.24) is 5.32 Å². The smallest absolute Gasteiger partial charge is 0.263 e. The molecule has 2 aromatic carbocycles. The van der Waals surface area contributed by atoms with Crippen molar-refractivity contribution in [3.8, 4) is 5.75 Å². The standard InChI is InChI=1S/C18H21ClN2O4S/c1-12-9-14(19)7-8-16(12)25-18(2,3)17(22)21-11-13-5-4-6-15(10-13)26(20,23)24/h4-10H,11H2,1-3H3,(H,21,22)(H2,20,23,24). The molecule has 0 aliphatic rings. The lowest BCUT2D eigenvalue weighted by Gasteiger charge is -2.26. The highest BCUT2D eigenvalue weighted by Gasteiger charge is 2.30. The number of primary sulfonamides is 1. The van der Waals surface area contributed by atoms with E-state index in [-0.39, 0.29) is 17.3 Å². The molecule has 0 atom stereocenters. The van der Waals surface area contributed by atoms with Gasteiger partial charge in [-0.2, -0.15) is 0 Å². The number of amides is 1. The molecule has 1 amide bonds. The highest BCUT2D eigenvalue weighted by molar-refractivity contribution is 7.89. The lowest BCUT2D eigenvalue weighted by atomic mass is 10.1. The predicted octanol–water partition coefficient (Wildman–Crippen LogP) is 2.77. The van der Waals surface area contributed by atoms with Crippen molar-refractivity contribution in [3.63, 3.8) is 0 Å². The average molecular weight is 397 g/mol. The minimum Gasteiger partial charge on any atom is -0.478 e. The number of hydrogen-bond donors (Lipinski definition) is 2. The van der Waals surface area contributed by atoms with Gasteiger partial charge in [0.1, 0.15) is 5.75 Å². The van der Waals surface area contributed by atoms with Crippen LogP contribution in [0.5, 0.6) is 5.75 Å². The number of carbonyl (C=O) groups excluding carboxylic acids is 1. The van der Waals surface area contributed by atoms with E-state index in [9.17, 15) is 13.2 Å². The molecule has 3 N–H and O–H groups in total. The molecule has 2 rings (SSSR count). The third-order valence-corrected chi connectivity index (χ3v) is 4.88. The first-order valence-corrected chi connectivity index (χ1v) is 9.77. The Morgan fingerprint density at radius 2 is 1.92 bits per heavy atom. The predicted molar refractivity (Wildman–Crippen MR) is 101 cm³/mol. The van der Waals surface area contributed by atoms with Crippen LogP contribution in [-0.2, 0) is 21.4 Å². The second kappa shape index (κ2) is 7.65. The number of aryl methyl sites for hydroxylation is 1. The lowest BCUT2D eigenvalue weighted by molar-refractivity contribution is -0.134. The van der Waals surface area contributed by atoms with Gasteiger partial charge < -0.3 is 10.1 Å². The van der Waals surface area contributed by atoms with Crippen LogP contribution in [0.1, 0.15) is 25.0 Å². The maximum atomic E-state index is 12.5. The zero-order valence-corrected chi connectivity index (χ0v) is 16.3. The molecular weight excluding hydrogens is 376 g/mol. The van der Waals surface area contributed by atoms with Gasteiger partial charge in [-0.3, -0.25) is 4.79 Å². The van der Waals surface area contributed by atoms with Crippen LogP contribution in [0.2, 0.25) is 5.02 Å². The third kappa shape index (κ3) is 5.20. The first-order chi connectivity index (χ1) is 12.0. The van der Waals surface area contributed by atoms with Gasteiger partial charge in [0.15, 0.2) is 5.60 Å². The number of nitrogens with two attached hydrogens (primary N) is 1. The molecule has 0 fully saturated rings. The van der Waals surface area contributed by atoms with E-state index in [1.165, 1.54) is 12.1 Å². The van der Waals surface area contributed by atoms with Crippen LogP contribution in [-0.4, -0.2) is 19.9 Å². The molecule has 0 heterocycles. The molecule has 0 saturated carbocycles. The fraction of sp³-hybridized carbons (Fsp3) is 0.278. The lowest BCUT2D eigenvalue weighted by Crippen LogP contribution is -2.46. The van der Waals surface area contributed by atoms with Gasteiger partial charge in [0.05, 0.1) is 4.90 Å². The molecule has 26 heavy (non-hydrogen) atoms. The number of carbonyl (C=O) groups is 1. The monoisotopic (exact) mass is 396 g/mol.